The lowest BCUT2D eigenvalue weighted by Gasteiger charge is -2.26. The summed E-state index contributed by atoms with van der Waals surface area (Å²) in [6.45, 7) is 0.252. The topological polar surface area (TPSA) is 84.5 Å². The molecule has 0 aromatic heterocycles. The first-order chi connectivity index (χ1) is 12.5. The third-order valence-corrected chi connectivity index (χ3v) is 5.38. The molecule has 6 nitrogen and oxygen atoms in total. The Bertz CT molecular complexity index is 963. The van der Waals surface area contributed by atoms with Gasteiger partial charge in [0.1, 0.15) is 12.4 Å². The van der Waals surface area contributed by atoms with Crippen molar-refractivity contribution in [2.75, 3.05) is 13.2 Å². The smallest absolute Gasteiger partial charge is 0.251 e. The molecule has 0 bridgehead atoms. The van der Waals surface area contributed by atoms with Gasteiger partial charge in [-0.2, -0.15) is 4.72 Å². The summed E-state index contributed by atoms with van der Waals surface area (Å²) in [7, 11) is -3.75. The highest BCUT2D eigenvalue weighted by molar-refractivity contribution is 7.89. The number of sulfonamides is 1. The highest BCUT2D eigenvalue weighted by Gasteiger charge is 2.22. The molecule has 1 amide bonds. The molecule has 0 fully saturated rings. The molecule has 0 spiro atoms. The zero-order valence-electron chi connectivity index (χ0n) is 13.9. The van der Waals surface area contributed by atoms with Gasteiger partial charge < -0.3 is 10.1 Å². The number of fused-ring (bicyclic) bond motifs is 1. The molecule has 7 heteroatoms. The summed E-state index contributed by atoms with van der Waals surface area (Å²) in [6.07, 6.45) is 5.73. The monoisotopic (exact) mass is 370 g/mol. The standard InChI is InChI=1S/C19H18N2O4S/c1-2-10-20-26(23,24)17-8-5-7-15(12-17)19(22)21-16-11-14-6-3-4-9-18(14)25-13-16/h1,3-9,12,16,20H,10-11,13H2,(H,21,22)/t16-/m1/s1. The summed E-state index contributed by atoms with van der Waals surface area (Å²) in [5.41, 5.74) is 1.28. The number of nitrogens with one attached hydrogen (secondary N) is 2. The molecule has 134 valence electrons. The Morgan fingerprint density at radius 3 is 2.85 bits per heavy atom. The van der Waals surface area contributed by atoms with Gasteiger partial charge in [-0.05, 0) is 36.2 Å². The number of rotatable bonds is 5. The highest BCUT2D eigenvalue weighted by atomic mass is 32.2. The van der Waals surface area contributed by atoms with Gasteiger partial charge in [0.2, 0.25) is 10.0 Å². The molecule has 3 rings (SSSR count). The van der Waals surface area contributed by atoms with E-state index in [9.17, 15) is 13.2 Å². The molecule has 2 aromatic carbocycles. The van der Waals surface area contributed by atoms with Crippen molar-refractivity contribution in [3.8, 4) is 18.1 Å². The molecular weight excluding hydrogens is 352 g/mol. The minimum Gasteiger partial charge on any atom is -0.491 e. The summed E-state index contributed by atoms with van der Waals surface area (Å²) in [5.74, 6) is 2.68. The first-order valence-corrected chi connectivity index (χ1v) is 9.52. The molecule has 1 atom stereocenters. The van der Waals surface area contributed by atoms with Gasteiger partial charge in [-0.15, -0.1) is 6.42 Å². The molecule has 1 aliphatic rings. The average Bonchev–Trinajstić information content (AvgIpc) is 2.66. The van der Waals surface area contributed by atoms with Crippen LogP contribution in [0.25, 0.3) is 0 Å². The van der Waals surface area contributed by atoms with Crippen molar-refractivity contribution in [3.05, 3.63) is 59.7 Å². The number of benzene rings is 2. The second-order valence-electron chi connectivity index (χ2n) is 5.85. The number of para-hydroxylation sites is 1. The van der Waals surface area contributed by atoms with Crippen molar-refractivity contribution in [1.82, 2.24) is 10.0 Å². The van der Waals surface area contributed by atoms with Crippen LogP contribution in [0.15, 0.2) is 53.4 Å². The van der Waals surface area contributed by atoms with Crippen LogP contribution in [0.5, 0.6) is 5.75 Å². The van der Waals surface area contributed by atoms with E-state index in [4.69, 9.17) is 11.2 Å². The van der Waals surface area contributed by atoms with Gasteiger partial charge in [-0.3, -0.25) is 4.79 Å². The maximum atomic E-state index is 12.5. The molecule has 0 saturated heterocycles. The molecule has 0 saturated carbocycles. The molecule has 0 aliphatic carbocycles. The first-order valence-electron chi connectivity index (χ1n) is 8.04. The molecule has 0 radical (unpaired) electrons. The van der Waals surface area contributed by atoms with Gasteiger partial charge in [-0.25, -0.2) is 8.42 Å². The number of amides is 1. The van der Waals surface area contributed by atoms with Gasteiger partial charge in [0.05, 0.1) is 17.5 Å². The van der Waals surface area contributed by atoms with Crippen molar-refractivity contribution in [1.29, 1.82) is 0 Å². The fourth-order valence-electron chi connectivity index (χ4n) is 2.71. The van der Waals surface area contributed by atoms with Gasteiger partial charge in [0, 0.05) is 5.56 Å². The van der Waals surface area contributed by atoms with E-state index in [1.54, 1.807) is 6.07 Å². The normalized spacial score (nSPS) is 16.0. The molecule has 1 heterocycles. The largest absolute Gasteiger partial charge is 0.491 e. The summed E-state index contributed by atoms with van der Waals surface area (Å²) < 4.78 is 32.2. The van der Waals surface area contributed by atoms with Crippen LogP contribution in [0.3, 0.4) is 0 Å². The number of carbonyl (C=O) groups excluding carboxylic acids is 1. The van der Waals surface area contributed by atoms with Gasteiger partial charge in [0.25, 0.3) is 5.91 Å². The van der Waals surface area contributed by atoms with Crippen molar-refractivity contribution in [2.24, 2.45) is 0 Å². The predicted octanol–water partition coefficient (Wildman–Crippen LogP) is 1.33. The van der Waals surface area contributed by atoms with Crippen LogP contribution in [0, 0.1) is 12.3 Å². The number of terminal acetylenes is 1. The number of ether oxygens (including phenoxy) is 1. The van der Waals surface area contributed by atoms with Crippen molar-refractivity contribution < 1.29 is 17.9 Å². The van der Waals surface area contributed by atoms with Crippen LogP contribution >= 0.6 is 0 Å². The van der Waals surface area contributed by atoms with Gasteiger partial charge >= 0.3 is 0 Å². The number of carbonyl (C=O) groups is 1. The van der Waals surface area contributed by atoms with Crippen molar-refractivity contribution >= 4 is 15.9 Å². The third kappa shape index (κ3) is 4.04. The Morgan fingerprint density at radius 1 is 1.23 bits per heavy atom. The number of hydrogen-bond donors (Lipinski definition) is 2. The van der Waals surface area contributed by atoms with Crippen molar-refractivity contribution in [2.45, 2.75) is 17.4 Å². The maximum absolute atomic E-state index is 12.5. The summed E-state index contributed by atoms with van der Waals surface area (Å²) >= 11 is 0. The minimum absolute atomic E-state index is 0.00867. The quantitative estimate of drug-likeness (QED) is 0.778. The van der Waals surface area contributed by atoms with E-state index in [0.29, 0.717) is 13.0 Å². The lowest BCUT2D eigenvalue weighted by atomic mass is 10.0. The Hall–Kier alpha value is -2.82. The zero-order chi connectivity index (χ0) is 18.6. The molecular formula is C19H18N2O4S. The number of hydrogen-bond acceptors (Lipinski definition) is 4. The predicted molar refractivity (Wildman–Crippen MR) is 97.4 cm³/mol. The first kappa shape index (κ1) is 18.0. The van der Waals surface area contributed by atoms with E-state index in [1.165, 1.54) is 18.2 Å². The zero-order valence-corrected chi connectivity index (χ0v) is 14.8. The van der Waals surface area contributed by atoms with Crippen LogP contribution in [-0.4, -0.2) is 33.5 Å². The summed E-state index contributed by atoms with van der Waals surface area (Å²) in [5, 5.41) is 2.89. The Kier molecular flexibility index (Phi) is 5.26. The summed E-state index contributed by atoms with van der Waals surface area (Å²) in [6, 6.07) is 13.3. The molecule has 26 heavy (non-hydrogen) atoms. The lowest BCUT2D eigenvalue weighted by molar-refractivity contribution is 0.0915. The molecule has 2 N–H and O–H groups in total. The Morgan fingerprint density at radius 2 is 2.04 bits per heavy atom. The van der Waals surface area contributed by atoms with Crippen molar-refractivity contribution in [3.63, 3.8) is 0 Å². The molecule has 2 aromatic rings. The van der Waals surface area contributed by atoms with E-state index < -0.39 is 10.0 Å². The Balaban J connectivity index is 1.71. The molecule has 1 aliphatic heterocycles. The van der Waals surface area contributed by atoms with Crippen LogP contribution in [0.2, 0.25) is 0 Å². The SMILES string of the molecule is C#CCNS(=O)(=O)c1cccc(C(=O)N[C@H]2COc3ccccc3C2)c1. The average molecular weight is 370 g/mol. The second-order valence-corrected chi connectivity index (χ2v) is 7.62. The van der Waals surface area contributed by atoms with E-state index in [-0.39, 0.29) is 29.0 Å². The Labute approximate surface area is 152 Å². The summed E-state index contributed by atoms with van der Waals surface area (Å²) in [4.78, 5) is 12.5. The minimum atomic E-state index is -3.75. The maximum Gasteiger partial charge on any atom is 0.251 e. The van der Waals surface area contributed by atoms with Crippen LogP contribution in [0.4, 0.5) is 0 Å². The van der Waals surface area contributed by atoms with E-state index in [1.807, 2.05) is 24.3 Å². The fraction of sp³-hybridized carbons (Fsp3) is 0.211. The van der Waals surface area contributed by atoms with E-state index in [0.717, 1.165) is 11.3 Å². The highest BCUT2D eigenvalue weighted by Crippen LogP contribution is 2.24. The van der Waals surface area contributed by atoms with Gasteiger partial charge in [0.15, 0.2) is 0 Å². The van der Waals surface area contributed by atoms with E-state index >= 15 is 0 Å². The van der Waals surface area contributed by atoms with Crippen LogP contribution in [0.1, 0.15) is 15.9 Å². The lowest BCUT2D eigenvalue weighted by Crippen LogP contribution is -2.42. The molecule has 0 unspecified atom stereocenters. The third-order valence-electron chi connectivity index (χ3n) is 3.98. The van der Waals surface area contributed by atoms with Crippen LogP contribution < -0.4 is 14.8 Å². The van der Waals surface area contributed by atoms with E-state index in [2.05, 4.69) is 16.0 Å². The van der Waals surface area contributed by atoms with Gasteiger partial charge in [-0.1, -0.05) is 30.2 Å². The second kappa shape index (κ2) is 7.60. The fourth-order valence-corrected chi connectivity index (χ4v) is 3.69. The van der Waals surface area contributed by atoms with Crippen LogP contribution in [-0.2, 0) is 16.4 Å².